The van der Waals surface area contributed by atoms with Crippen LogP contribution in [0.4, 0.5) is 0 Å². The molecule has 0 bridgehead atoms. The van der Waals surface area contributed by atoms with Crippen molar-refractivity contribution in [2.45, 2.75) is 64.7 Å². The van der Waals surface area contributed by atoms with E-state index in [9.17, 15) is 28.8 Å². The first-order valence-electron chi connectivity index (χ1n) is 14.7. The van der Waals surface area contributed by atoms with E-state index < -0.39 is 35.8 Å². The van der Waals surface area contributed by atoms with E-state index in [-0.39, 0.29) is 74.1 Å². The van der Waals surface area contributed by atoms with Gasteiger partial charge in [-0.1, -0.05) is 0 Å². The van der Waals surface area contributed by atoms with Crippen LogP contribution in [0.1, 0.15) is 60.2 Å². The number of rotatable bonds is 10. The lowest BCUT2D eigenvalue weighted by Gasteiger charge is -2.21. The second kappa shape index (κ2) is 18.0. The van der Waals surface area contributed by atoms with Gasteiger partial charge in [0.1, 0.15) is 23.2 Å². The van der Waals surface area contributed by atoms with Crippen LogP contribution in [0.5, 0.6) is 0 Å². The third-order valence-electron chi connectivity index (χ3n) is 7.43. The Morgan fingerprint density at radius 2 is 1.11 bits per heavy atom. The van der Waals surface area contributed by atoms with Gasteiger partial charge in [-0.05, 0) is 51.7 Å². The summed E-state index contributed by atoms with van der Waals surface area (Å²) < 4.78 is 13.2. The van der Waals surface area contributed by atoms with Crippen molar-refractivity contribution in [1.29, 1.82) is 0 Å². The summed E-state index contributed by atoms with van der Waals surface area (Å²) in [7, 11) is 0. The zero-order chi connectivity index (χ0) is 31.6. The molecule has 0 radical (unpaired) electrons. The lowest BCUT2D eigenvalue weighted by molar-refractivity contribution is -0.685. The van der Waals surface area contributed by atoms with Gasteiger partial charge >= 0.3 is 11.9 Å². The number of aromatic nitrogens is 2. The van der Waals surface area contributed by atoms with Crippen LogP contribution in [0.2, 0.25) is 0 Å². The molecule has 2 unspecified atom stereocenters. The van der Waals surface area contributed by atoms with Crippen LogP contribution in [0.25, 0.3) is 0 Å². The van der Waals surface area contributed by atoms with E-state index in [1.165, 1.54) is 43.5 Å². The van der Waals surface area contributed by atoms with Gasteiger partial charge < -0.3 is 44.1 Å². The Kier molecular flexibility index (Phi) is 14.8. The van der Waals surface area contributed by atoms with Gasteiger partial charge in [0.05, 0.1) is 13.2 Å². The number of likely N-dealkylation sites (tertiary alicyclic amines) is 2. The molecule has 0 saturated carbocycles. The molecule has 2 fully saturated rings. The number of hydrogen-bond donors (Lipinski definition) is 2. The van der Waals surface area contributed by atoms with Crippen LogP contribution in [0.3, 0.4) is 0 Å². The van der Waals surface area contributed by atoms with Gasteiger partial charge in [0.2, 0.25) is 13.1 Å². The lowest BCUT2D eigenvalue weighted by Crippen LogP contribution is -3.00. The van der Waals surface area contributed by atoms with Crippen LogP contribution in [0, 0.1) is 0 Å². The van der Waals surface area contributed by atoms with Gasteiger partial charge in [-0.25, -0.2) is 9.59 Å². The van der Waals surface area contributed by atoms with E-state index in [1.807, 2.05) is 0 Å². The molecule has 2 N–H and O–H groups in total. The maximum Gasteiger partial charge on any atom is 0.328 e. The van der Waals surface area contributed by atoms with Crippen molar-refractivity contribution in [2.75, 3.05) is 26.3 Å². The number of amides is 4. The minimum atomic E-state index is -0.610. The van der Waals surface area contributed by atoms with E-state index in [2.05, 4.69) is 10.9 Å². The molecule has 2 saturated heterocycles. The molecule has 0 aliphatic carbocycles. The molecular weight excluding hydrogens is 643 g/mol. The lowest BCUT2D eigenvalue weighted by atomic mass is 10.2. The Bertz CT molecular complexity index is 1320. The van der Waals surface area contributed by atoms with Crippen LogP contribution < -0.4 is 44.8 Å². The highest BCUT2D eigenvalue weighted by molar-refractivity contribution is 5.98. The smallest absolute Gasteiger partial charge is 0.328 e. The Hall–Kier alpha value is -4.30. The number of hydrogen-bond acceptors (Lipinski definition) is 8. The van der Waals surface area contributed by atoms with Crippen molar-refractivity contribution in [3.05, 3.63) is 60.2 Å². The van der Waals surface area contributed by atoms with E-state index >= 15 is 0 Å². The molecular formula is C30H38Cl2N6O8. The molecule has 2 aliphatic heterocycles. The average molecular weight is 682 g/mol. The highest BCUT2D eigenvalue weighted by Gasteiger charge is 2.37. The Morgan fingerprint density at radius 1 is 0.717 bits per heavy atom. The fraction of sp³-hybridized carbons (Fsp3) is 0.467. The molecule has 46 heavy (non-hydrogen) atoms. The molecule has 2 atom stereocenters. The summed E-state index contributed by atoms with van der Waals surface area (Å²) in [5.74, 6) is -2.59. The number of hydrazine groups is 1. The standard InChI is InChI=1S/C30H36N6O8.2ClH/c1-3-43-29(41)23-11-7-15-35(23)25(37)19-33-13-5-9-21(17-33)27(39)31-32-28(40)22-10-6-14-34(18-22)20-26(38)36-16-8-12-24(36)30(42)44-4-2;;/h5-6,9-10,13-14,17-18,23-24H,3-4,7-8,11-12,15-16,19-20H2,1-2H3;2*1H. The second-order valence-corrected chi connectivity index (χ2v) is 10.4. The first kappa shape index (κ1) is 37.9. The van der Waals surface area contributed by atoms with Crippen LogP contribution in [-0.4, -0.2) is 83.8 Å². The van der Waals surface area contributed by atoms with Crippen molar-refractivity contribution in [3.8, 4) is 0 Å². The Balaban J connectivity index is 0.00000368. The molecule has 4 amide bonds. The van der Waals surface area contributed by atoms with E-state index in [0.29, 0.717) is 38.8 Å². The zero-order valence-electron chi connectivity index (χ0n) is 25.7. The molecule has 14 nitrogen and oxygen atoms in total. The number of halogens is 2. The van der Waals surface area contributed by atoms with Gasteiger partial charge in [-0.3, -0.25) is 30.0 Å². The number of carbonyl (C=O) groups excluding carboxylic acids is 6. The van der Waals surface area contributed by atoms with Crippen molar-refractivity contribution >= 4 is 35.6 Å². The summed E-state index contributed by atoms with van der Waals surface area (Å²) >= 11 is 0. The quantitative estimate of drug-likeness (QED) is 0.142. The minimum absolute atomic E-state index is 0. The number of pyridine rings is 2. The summed E-state index contributed by atoms with van der Waals surface area (Å²) in [6.45, 7) is 4.65. The minimum Gasteiger partial charge on any atom is -1.00 e. The molecule has 4 rings (SSSR count). The number of nitrogens with zero attached hydrogens (tertiary/aromatic N) is 4. The van der Waals surface area contributed by atoms with Crippen LogP contribution in [-0.2, 0) is 41.7 Å². The predicted octanol–water partition coefficient (Wildman–Crippen LogP) is -6.55. The third-order valence-corrected chi connectivity index (χ3v) is 7.43. The first-order valence-corrected chi connectivity index (χ1v) is 14.7. The fourth-order valence-corrected chi connectivity index (χ4v) is 5.36. The molecule has 0 aromatic carbocycles. The predicted molar refractivity (Wildman–Crippen MR) is 151 cm³/mol. The third kappa shape index (κ3) is 9.60. The van der Waals surface area contributed by atoms with Crippen molar-refractivity contribution < 1.29 is 72.2 Å². The number of ether oxygens (including phenoxy) is 2. The molecule has 250 valence electrons. The summed E-state index contributed by atoms with van der Waals surface area (Å²) in [5, 5.41) is 0. The Morgan fingerprint density at radius 3 is 1.48 bits per heavy atom. The second-order valence-electron chi connectivity index (χ2n) is 10.4. The molecule has 2 aromatic rings. The van der Waals surface area contributed by atoms with Gasteiger partial charge in [0.25, 0.3) is 23.6 Å². The largest absolute Gasteiger partial charge is 1.00 e. The van der Waals surface area contributed by atoms with Crippen molar-refractivity contribution in [3.63, 3.8) is 0 Å². The highest BCUT2D eigenvalue weighted by Crippen LogP contribution is 2.19. The Labute approximate surface area is 279 Å². The zero-order valence-corrected chi connectivity index (χ0v) is 27.2. The van der Waals surface area contributed by atoms with Crippen LogP contribution >= 0.6 is 0 Å². The first-order chi connectivity index (χ1) is 21.2. The molecule has 2 aliphatic rings. The molecule has 0 spiro atoms. The van der Waals surface area contributed by atoms with Crippen molar-refractivity contribution in [1.82, 2.24) is 20.7 Å². The summed E-state index contributed by atoms with van der Waals surface area (Å²) in [4.78, 5) is 78.9. The van der Waals surface area contributed by atoms with Gasteiger partial charge in [0.15, 0.2) is 24.8 Å². The number of carbonyl (C=O) groups is 6. The number of nitrogens with one attached hydrogen (secondary N) is 2. The average Bonchev–Trinajstić information content (AvgIpc) is 3.71. The summed E-state index contributed by atoms with van der Waals surface area (Å²) in [5.41, 5.74) is 5.11. The van der Waals surface area contributed by atoms with E-state index in [0.717, 1.165) is 0 Å². The molecule has 16 heteroatoms. The maximum atomic E-state index is 12.9. The molecule has 2 aromatic heterocycles. The van der Waals surface area contributed by atoms with Crippen molar-refractivity contribution in [2.24, 2.45) is 0 Å². The van der Waals surface area contributed by atoms with Gasteiger partial charge in [-0.15, -0.1) is 0 Å². The number of esters is 2. The van der Waals surface area contributed by atoms with E-state index in [1.54, 1.807) is 38.4 Å². The SMILES string of the molecule is CCOC(=O)C1CCCN1C(=O)C[n+]1cccc(C(=O)NNC(=O)c2ccc[n+](CC(=O)N3CCCC3C(=O)OCC)c2)c1.[Cl-].[Cl-]. The van der Waals surface area contributed by atoms with E-state index in [4.69, 9.17) is 9.47 Å². The monoisotopic (exact) mass is 680 g/mol. The molecule has 4 heterocycles. The normalized spacial score (nSPS) is 16.8. The fourth-order valence-electron chi connectivity index (χ4n) is 5.36. The maximum absolute atomic E-state index is 12.9. The van der Waals surface area contributed by atoms with Gasteiger partial charge in [0, 0.05) is 25.2 Å². The van der Waals surface area contributed by atoms with Gasteiger partial charge in [-0.2, -0.15) is 9.13 Å². The van der Waals surface area contributed by atoms with Crippen LogP contribution in [0.15, 0.2) is 49.1 Å². The topological polar surface area (TPSA) is 159 Å². The summed E-state index contributed by atoms with van der Waals surface area (Å²) in [6, 6.07) is 5.04. The summed E-state index contributed by atoms with van der Waals surface area (Å²) in [6.07, 6.45) is 8.70. The highest BCUT2D eigenvalue weighted by atomic mass is 35.5.